The molecule has 0 unspecified atom stereocenters. The first kappa shape index (κ1) is 19.8. The maximum atomic E-state index is 12.9. The van der Waals surface area contributed by atoms with Crippen molar-refractivity contribution in [2.75, 3.05) is 20.1 Å². The molecule has 1 aromatic carbocycles. The molecule has 4 rings (SSSR count). The number of aromatic nitrogens is 1. The summed E-state index contributed by atoms with van der Waals surface area (Å²) in [5.74, 6) is -0.213. The molecule has 1 saturated heterocycles. The summed E-state index contributed by atoms with van der Waals surface area (Å²) >= 11 is 8.43. The summed E-state index contributed by atoms with van der Waals surface area (Å²) in [5.41, 5.74) is 0.927. The lowest BCUT2D eigenvalue weighted by molar-refractivity contribution is -0.132. The Balaban J connectivity index is 1.52. The fraction of sp³-hybridized carbons (Fsp3) is 0.333. The van der Waals surface area contributed by atoms with Crippen molar-refractivity contribution in [1.82, 2.24) is 14.2 Å². The van der Waals surface area contributed by atoms with Crippen molar-refractivity contribution in [2.24, 2.45) is 0 Å². The van der Waals surface area contributed by atoms with Crippen LogP contribution in [-0.4, -0.2) is 48.7 Å². The summed E-state index contributed by atoms with van der Waals surface area (Å²) in [6, 6.07) is 10.8. The molecule has 0 bridgehead atoms. The van der Waals surface area contributed by atoms with E-state index in [-0.39, 0.29) is 22.7 Å². The second kappa shape index (κ2) is 7.72. The number of nitrogens with zero attached hydrogens (tertiary/aromatic N) is 3. The number of sulfonamides is 1. The zero-order valence-electron chi connectivity index (χ0n) is 15.0. The van der Waals surface area contributed by atoms with Crippen molar-refractivity contribution >= 4 is 60.4 Å². The van der Waals surface area contributed by atoms with E-state index in [0.29, 0.717) is 10.9 Å². The molecular weight excluding hydrogens is 438 g/mol. The van der Waals surface area contributed by atoms with Gasteiger partial charge in [0.05, 0.1) is 27.1 Å². The monoisotopic (exact) mass is 455 g/mol. The van der Waals surface area contributed by atoms with Crippen LogP contribution in [-0.2, 0) is 14.8 Å². The lowest BCUT2D eigenvalue weighted by atomic mass is 10.2. The first-order chi connectivity index (χ1) is 13.4. The molecule has 6 nitrogen and oxygen atoms in total. The predicted octanol–water partition coefficient (Wildman–Crippen LogP) is 4.00. The number of carbonyl (C=O) groups excluding carboxylic acids is 1. The van der Waals surface area contributed by atoms with Crippen LogP contribution in [0.15, 0.2) is 40.6 Å². The highest BCUT2D eigenvalue weighted by Crippen LogP contribution is 2.36. The van der Waals surface area contributed by atoms with E-state index in [2.05, 4.69) is 4.98 Å². The molecule has 0 saturated carbocycles. The number of benzene rings is 1. The standard InChI is InChI=1S/C18H18ClN3O3S3/c1-21(28(24,25)17-9-8-15(19)27-17)11-16(23)22-10-4-6-13(22)18-20-12-5-2-3-7-14(12)26-18/h2-3,5,7-9,13H,4,6,10-11H2,1H3/t13-/m0/s1. The number of rotatable bonds is 5. The van der Waals surface area contributed by atoms with Crippen LogP contribution in [0.5, 0.6) is 0 Å². The topological polar surface area (TPSA) is 70.6 Å². The molecule has 0 aliphatic carbocycles. The van der Waals surface area contributed by atoms with E-state index in [0.717, 1.165) is 43.7 Å². The summed E-state index contributed by atoms with van der Waals surface area (Å²) in [7, 11) is -2.32. The van der Waals surface area contributed by atoms with Crippen LogP contribution in [0.3, 0.4) is 0 Å². The number of carbonyl (C=O) groups is 1. The van der Waals surface area contributed by atoms with E-state index in [9.17, 15) is 13.2 Å². The molecule has 3 aromatic rings. The van der Waals surface area contributed by atoms with Crippen molar-refractivity contribution < 1.29 is 13.2 Å². The van der Waals surface area contributed by atoms with Crippen molar-refractivity contribution in [2.45, 2.75) is 23.1 Å². The van der Waals surface area contributed by atoms with Crippen molar-refractivity contribution in [3.8, 4) is 0 Å². The highest BCUT2D eigenvalue weighted by molar-refractivity contribution is 7.91. The van der Waals surface area contributed by atoms with E-state index in [1.54, 1.807) is 22.3 Å². The van der Waals surface area contributed by atoms with E-state index in [1.807, 2.05) is 24.3 Å². The third kappa shape index (κ3) is 3.69. The molecule has 28 heavy (non-hydrogen) atoms. The average molecular weight is 456 g/mol. The molecule has 1 fully saturated rings. The summed E-state index contributed by atoms with van der Waals surface area (Å²) in [6.07, 6.45) is 1.71. The van der Waals surface area contributed by atoms with Gasteiger partial charge in [-0.1, -0.05) is 23.7 Å². The molecule has 2 aromatic heterocycles. The van der Waals surface area contributed by atoms with Crippen LogP contribution in [0.1, 0.15) is 23.9 Å². The lowest BCUT2D eigenvalue weighted by Crippen LogP contribution is -2.40. The van der Waals surface area contributed by atoms with Crippen LogP contribution in [0.2, 0.25) is 4.34 Å². The van der Waals surface area contributed by atoms with Crippen LogP contribution in [0.4, 0.5) is 0 Å². The average Bonchev–Trinajstić information content (AvgIpc) is 3.39. The Kier molecular flexibility index (Phi) is 5.45. The fourth-order valence-corrected chi connectivity index (χ4v) is 7.24. The number of hydrogen-bond donors (Lipinski definition) is 0. The van der Waals surface area contributed by atoms with Gasteiger partial charge in [0.25, 0.3) is 10.0 Å². The zero-order valence-corrected chi connectivity index (χ0v) is 18.2. The number of hydrogen-bond acceptors (Lipinski definition) is 6. The van der Waals surface area contributed by atoms with Gasteiger partial charge in [-0.05, 0) is 37.1 Å². The first-order valence-corrected chi connectivity index (χ1v) is 12.2. The van der Waals surface area contributed by atoms with Crippen LogP contribution >= 0.6 is 34.3 Å². The molecule has 148 valence electrons. The quantitative estimate of drug-likeness (QED) is 0.583. The maximum absolute atomic E-state index is 12.9. The summed E-state index contributed by atoms with van der Waals surface area (Å²) in [6.45, 7) is 0.400. The molecule has 0 N–H and O–H groups in total. The van der Waals surface area contributed by atoms with Gasteiger partial charge < -0.3 is 4.90 Å². The number of thiophene rings is 1. The zero-order chi connectivity index (χ0) is 19.9. The van der Waals surface area contributed by atoms with E-state index in [4.69, 9.17) is 11.6 Å². The van der Waals surface area contributed by atoms with Crippen molar-refractivity contribution in [3.63, 3.8) is 0 Å². The van der Waals surface area contributed by atoms with E-state index in [1.165, 1.54) is 13.1 Å². The van der Waals surface area contributed by atoms with Gasteiger partial charge in [0, 0.05) is 13.6 Å². The first-order valence-electron chi connectivity index (χ1n) is 8.73. The summed E-state index contributed by atoms with van der Waals surface area (Å²) in [5, 5.41) is 0.905. The Morgan fingerprint density at radius 3 is 2.79 bits per heavy atom. The van der Waals surface area contributed by atoms with Gasteiger partial charge in [0.1, 0.15) is 9.22 Å². The molecule has 3 heterocycles. The molecule has 0 radical (unpaired) electrons. The Labute approximate surface area is 176 Å². The van der Waals surface area contributed by atoms with Gasteiger partial charge in [-0.3, -0.25) is 4.79 Å². The maximum Gasteiger partial charge on any atom is 0.252 e. The van der Waals surface area contributed by atoms with Gasteiger partial charge >= 0.3 is 0 Å². The minimum Gasteiger partial charge on any atom is -0.332 e. The molecule has 10 heteroatoms. The third-order valence-corrected chi connectivity index (χ3v) is 9.38. The molecule has 1 amide bonds. The minimum atomic E-state index is -3.74. The molecular formula is C18H18ClN3O3S3. The predicted molar refractivity (Wildman–Crippen MR) is 112 cm³/mol. The SMILES string of the molecule is CN(CC(=O)N1CCC[C@H]1c1nc2ccccc2s1)S(=O)(=O)c1ccc(Cl)s1. The number of thiazole rings is 1. The Hall–Kier alpha value is -1.52. The van der Waals surface area contributed by atoms with E-state index >= 15 is 0 Å². The summed E-state index contributed by atoms with van der Waals surface area (Å²) < 4.78 is 28.0. The highest BCUT2D eigenvalue weighted by atomic mass is 35.5. The number of likely N-dealkylation sites (tertiary alicyclic amines) is 1. The molecule has 1 atom stereocenters. The fourth-order valence-electron chi connectivity index (χ4n) is 3.31. The van der Waals surface area contributed by atoms with Gasteiger partial charge in [-0.25, -0.2) is 13.4 Å². The van der Waals surface area contributed by atoms with Gasteiger partial charge in [0.2, 0.25) is 5.91 Å². The van der Waals surface area contributed by atoms with Crippen molar-refractivity contribution in [3.05, 3.63) is 45.7 Å². The third-order valence-electron chi connectivity index (χ3n) is 4.74. The highest BCUT2D eigenvalue weighted by Gasteiger charge is 2.34. The van der Waals surface area contributed by atoms with Gasteiger partial charge in [0.15, 0.2) is 0 Å². The minimum absolute atomic E-state index is 0.0998. The largest absolute Gasteiger partial charge is 0.332 e. The molecule has 0 spiro atoms. The number of para-hydroxylation sites is 1. The van der Waals surface area contributed by atoms with Crippen LogP contribution in [0.25, 0.3) is 10.2 Å². The summed E-state index contributed by atoms with van der Waals surface area (Å²) in [4.78, 5) is 19.4. The number of likely N-dealkylation sites (N-methyl/N-ethyl adjacent to an activating group) is 1. The van der Waals surface area contributed by atoms with Crippen LogP contribution in [0, 0.1) is 0 Å². The Morgan fingerprint density at radius 1 is 1.29 bits per heavy atom. The smallest absolute Gasteiger partial charge is 0.252 e. The van der Waals surface area contributed by atoms with E-state index < -0.39 is 10.0 Å². The number of amides is 1. The Morgan fingerprint density at radius 2 is 2.07 bits per heavy atom. The Bertz CT molecular complexity index is 1090. The second-order valence-electron chi connectivity index (χ2n) is 6.58. The lowest BCUT2D eigenvalue weighted by Gasteiger charge is -2.25. The normalized spacial score (nSPS) is 17.7. The second-order valence-corrected chi connectivity index (χ2v) is 11.6. The van der Waals surface area contributed by atoms with Gasteiger partial charge in [-0.2, -0.15) is 4.31 Å². The number of halogens is 1. The van der Waals surface area contributed by atoms with Crippen molar-refractivity contribution in [1.29, 1.82) is 0 Å². The van der Waals surface area contributed by atoms with Gasteiger partial charge in [-0.15, -0.1) is 22.7 Å². The number of fused-ring (bicyclic) bond motifs is 1. The molecule has 1 aliphatic heterocycles. The molecule has 1 aliphatic rings. The van der Waals surface area contributed by atoms with Crippen LogP contribution < -0.4 is 0 Å².